The van der Waals surface area contributed by atoms with Crippen molar-refractivity contribution in [2.45, 2.75) is 38.8 Å². The van der Waals surface area contributed by atoms with Gasteiger partial charge in [-0.3, -0.25) is 9.69 Å². The summed E-state index contributed by atoms with van der Waals surface area (Å²) >= 11 is 1.75. The molecule has 170 valence electrons. The Kier molecular flexibility index (Phi) is 8.90. The monoisotopic (exact) mass is 446 g/mol. The van der Waals surface area contributed by atoms with Crippen LogP contribution in [0.25, 0.3) is 0 Å². The molecule has 3 rings (SSSR count). The maximum absolute atomic E-state index is 13.3. The summed E-state index contributed by atoms with van der Waals surface area (Å²) in [5.41, 5.74) is 2.38. The third kappa shape index (κ3) is 6.53. The third-order valence-electron chi connectivity index (χ3n) is 5.75. The van der Waals surface area contributed by atoms with E-state index in [1.165, 1.54) is 16.0 Å². The van der Waals surface area contributed by atoms with E-state index in [-0.39, 0.29) is 18.5 Å². The Balaban J connectivity index is 1.71. The van der Waals surface area contributed by atoms with Crippen molar-refractivity contribution in [3.05, 3.63) is 51.7 Å². The van der Waals surface area contributed by atoms with E-state index >= 15 is 0 Å². The lowest BCUT2D eigenvalue weighted by atomic mass is 10.0. The summed E-state index contributed by atoms with van der Waals surface area (Å²) in [6, 6.07) is 10.0. The summed E-state index contributed by atoms with van der Waals surface area (Å²) in [6.45, 7) is 6.97. The van der Waals surface area contributed by atoms with E-state index in [2.05, 4.69) is 11.4 Å². The zero-order valence-corrected chi connectivity index (χ0v) is 19.6. The summed E-state index contributed by atoms with van der Waals surface area (Å²) in [6.07, 6.45) is 1.08. The van der Waals surface area contributed by atoms with Gasteiger partial charge in [0.05, 0.1) is 25.3 Å². The highest BCUT2D eigenvalue weighted by Gasteiger charge is 2.33. The number of amides is 1. The molecule has 0 radical (unpaired) electrons. The number of aliphatic hydroxyl groups is 1. The number of ether oxygens (including phenoxy) is 2. The minimum atomic E-state index is -0.449. The fourth-order valence-electron chi connectivity index (χ4n) is 3.85. The van der Waals surface area contributed by atoms with Crippen molar-refractivity contribution in [2.75, 3.05) is 46.5 Å². The van der Waals surface area contributed by atoms with Gasteiger partial charge in [-0.25, -0.2) is 0 Å². The van der Waals surface area contributed by atoms with E-state index < -0.39 is 6.10 Å². The quantitative estimate of drug-likeness (QED) is 0.574. The lowest BCUT2D eigenvalue weighted by Gasteiger charge is -2.37. The number of carbonyl (C=O) groups excluding carboxylic acids is 1. The molecule has 1 amide bonds. The number of benzene rings is 1. The van der Waals surface area contributed by atoms with E-state index in [9.17, 15) is 9.90 Å². The summed E-state index contributed by atoms with van der Waals surface area (Å²) in [5.74, 6) is 0.877. The molecule has 0 saturated heterocycles. The molecule has 0 spiro atoms. The summed E-state index contributed by atoms with van der Waals surface area (Å²) in [7, 11) is 1.65. The van der Waals surface area contributed by atoms with Crippen molar-refractivity contribution in [1.82, 2.24) is 9.80 Å². The molecule has 0 saturated carbocycles. The Morgan fingerprint density at radius 2 is 2.10 bits per heavy atom. The van der Waals surface area contributed by atoms with Crippen molar-refractivity contribution < 1.29 is 19.4 Å². The van der Waals surface area contributed by atoms with E-state index in [1.54, 1.807) is 18.4 Å². The lowest BCUT2D eigenvalue weighted by Crippen LogP contribution is -2.48. The fourth-order valence-corrected chi connectivity index (χ4v) is 4.78. The number of hydrogen-bond acceptors (Lipinski definition) is 6. The first kappa shape index (κ1) is 23.7. The van der Waals surface area contributed by atoms with Crippen LogP contribution < -0.4 is 4.74 Å². The number of carbonyl (C=O) groups is 1. The number of thiophene rings is 1. The Morgan fingerprint density at radius 1 is 1.32 bits per heavy atom. The standard InChI is InChI=1S/C24H34N2O4S/c1-4-19(27)15-25(12-13-29-3)16-24(28)26-11-9-23-21(10-14-31-23)22(26)17-30-20-7-5-18(2)6-8-20/h5-8,10,14,19,22,27H,4,9,11-13,15-17H2,1-3H3/t19-,22-/m0/s1. The predicted molar refractivity (Wildman–Crippen MR) is 124 cm³/mol. The van der Waals surface area contributed by atoms with Crippen LogP contribution in [0.15, 0.2) is 35.7 Å². The maximum Gasteiger partial charge on any atom is 0.237 e. The Labute approximate surface area is 189 Å². The first-order chi connectivity index (χ1) is 15.0. The smallest absolute Gasteiger partial charge is 0.237 e. The van der Waals surface area contributed by atoms with Gasteiger partial charge in [0.2, 0.25) is 5.91 Å². The van der Waals surface area contributed by atoms with E-state index in [0.29, 0.717) is 39.3 Å². The largest absolute Gasteiger partial charge is 0.491 e. The van der Waals surface area contributed by atoms with Gasteiger partial charge < -0.3 is 19.5 Å². The number of nitrogens with zero attached hydrogens (tertiary/aromatic N) is 2. The van der Waals surface area contributed by atoms with Gasteiger partial charge in [0.1, 0.15) is 12.4 Å². The SMILES string of the molecule is CC[C@H](O)CN(CCOC)CC(=O)N1CCc2sccc2[C@@H]1COc1ccc(C)cc1. The molecule has 0 aliphatic carbocycles. The zero-order valence-electron chi connectivity index (χ0n) is 18.8. The molecule has 2 heterocycles. The molecule has 6 nitrogen and oxygen atoms in total. The summed E-state index contributed by atoms with van der Waals surface area (Å²) in [4.78, 5) is 18.6. The molecular weight excluding hydrogens is 412 g/mol. The molecule has 0 fully saturated rings. The molecule has 1 aromatic carbocycles. The molecule has 0 unspecified atom stereocenters. The van der Waals surface area contributed by atoms with Gasteiger partial charge in [-0.2, -0.15) is 0 Å². The number of methoxy groups -OCH3 is 1. The van der Waals surface area contributed by atoms with Gasteiger partial charge in [0.25, 0.3) is 0 Å². The molecule has 2 aromatic rings. The molecule has 31 heavy (non-hydrogen) atoms. The van der Waals surface area contributed by atoms with E-state index in [4.69, 9.17) is 9.47 Å². The van der Waals surface area contributed by atoms with E-state index in [1.807, 2.05) is 47.9 Å². The molecule has 1 N–H and O–H groups in total. The molecule has 1 aliphatic heterocycles. The van der Waals surface area contributed by atoms with Crippen molar-refractivity contribution in [3.63, 3.8) is 0 Å². The van der Waals surface area contributed by atoms with Crippen LogP contribution in [-0.4, -0.2) is 73.4 Å². The van der Waals surface area contributed by atoms with E-state index in [0.717, 1.165) is 12.2 Å². The average Bonchev–Trinajstić information content (AvgIpc) is 3.25. The highest BCUT2D eigenvalue weighted by Crippen LogP contribution is 2.34. The molecule has 0 bridgehead atoms. The lowest BCUT2D eigenvalue weighted by molar-refractivity contribution is -0.136. The van der Waals surface area contributed by atoms with Crippen LogP contribution in [0.5, 0.6) is 5.75 Å². The number of aliphatic hydroxyl groups excluding tert-OH is 1. The van der Waals surface area contributed by atoms with Gasteiger partial charge in [0, 0.05) is 31.6 Å². The summed E-state index contributed by atoms with van der Waals surface area (Å²) in [5, 5.41) is 12.2. The van der Waals surface area contributed by atoms with Crippen molar-refractivity contribution >= 4 is 17.2 Å². The van der Waals surface area contributed by atoms with Crippen LogP contribution in [-0.2, 0) is 16.0 Å². The van der Waals surface area contributed by atoms with Gasteiger partial charge >= 0.3 is 0 Å². The highest BCUT2D eigenvalue weighted by molar-refractivity contribution is 7.10. The Hall–Kier alpha value is -1.93. The summed E-state index contributed by atoms with van der Waals surface area (Å²) < 4.78 is 11.3. The molecule has 2 atom stereocenters. The second kappa shape index (κ2) is 11.6. The van der Waals surface area contributed by atoms with Crippen molar-refractivity contribution in [1.29, 1.82) is 0 Å². The van der Waals surface area contributed by atoms with Gasteiger partial charge in [-0.15, -0.1) is 11.3 Å². The molecular formula is C24H34N2O4S. The first-order valence-electron chi connectivity index (χ1n) is 11.0. The van der Waals surface area contributed by atoms with Gasteiger partial charge in [-0.05, 0) is 48.9 Å². The maximum atomic E-state index is 13.3. The van der Waals surface area contributed by atoms with Crippen LogP contribution in [0.2, 0.25) is 0 Å². The Morgan fingerprint density at radius 3 is 2.81 bits per heavy atom. The topological polar surface area (TPSA) is 62.2 Å². The molecule has 1 aliphatic rings. The van der Waals surface area contributed by atoms with Crippen LogP contribution >= 0.6 is 11.3 Å². The molecule has 7 heteroatoms. The second-order valence-electron chi connectivity index (χ2n) is 8.07. The van der Waals surface area contributed by atoms with Crippen LogP contribution in [0, 0.1) is 6.92 Å². The fraction of sp³-hybridized carbons (Fsp3) is 0.542. The average molecular weight is 447 g/mol. The highest BCUT2D eigenvalue weighted by atomic mass is 32.1. The second-order valence-corrected chi connectivity index (χ2v) is 9.07. The van der Waals surface area contributed by atoms with Crippen molar-refractivity contribution in [2.24, 2.45) is 0 Å². The van der Waals surface area contributed by atoms with Crippen LogP contribution in [0.4, 0.5) is 0 Å². The number of rotatable bonds is 11. The third-order valence-corrected chi connectivity index (χ3v) is 6.75. The van der Waals surface area contributed by atoms with Crippen LogP contribution in [0.1, 0.15) is 35.4 Å². The first-order valence-corrected chi connectivity index (χ1v) is 11.8. The normalized spacial score (nSPS) is 16.9. The number of hydrogen-bond donors (Lipinski definition) is 1. The Bertz CT molecular complexity index is 823. The zero-order chi connectivity index (χ0) is 22.2. The van der Waals surface area contributed by atoms with Crippen molar-refractivity contribution in [3.8, 4) is 5.75 Å². The van der Waals surface area contributed by atoms with Gasteiger partial charge in [0.15, 0.2) is 0 Å². The van der Waals surface area contributed by atoms with Gasteiger partial charge in [-0.1, -0.05) is 24.6 Å². The number of fused-ring (bicyclic) bond motifs is 1. The molecule has 1 aromatic heterocycles. The number of aryl methyl sites for hydroxylation is 1. The predicted octanol–water partition coefficient (Wildman–Crippen LogP) is 3.28. The minimum absolute atomic E-state index is 0.0637. The van der Waals surface area contributed by atoms with Crippen LogP contribution in [0.3, 0.4) is 0 Å². The minimum Gasteiger partial charge on any atom is -0.491 e.